The van der Waals surface area contributed by atoms with Gasteiger partial charge in [-0.1, -0.05) is 23.2 Å². The number of hydrogen-bond donors (Lipinski definition) is 0. The van der Waals surface area contributed by atoms with E-state index in [4.69, 9.17) is 32.7 Å². The molecule has 1 aliphatic heterocycles. The van der Waals surface area contributed by atoms with Crippen LogP contribution in [0.4, 0.5) is 0 Å². The first-order chi connectivity index (χ1) is 14.1. The van der Waals surface area contributed by atoms with Crippen molar-refractivity contribution >= 4 is 29.1 Å². The Kier molecular flexibility index (Phi) is 5.76. The third-order valence-electron chi connectivity index (χ3n) is 4.76. The minimum absolute atomic E-state index is 0.105. The minimum atomic E-state index is -0.105. The second-order valence-electron chi connectivity index (χ2n) is 6.56. The molecular weight excluding hydrogens is 413 g/mol. The van der Waals surface area contributed by atoms with Crippen LogP contribution in [0.15, 0.2) is 48.5 Å². The molecule has 2 aromatic carbocycles. The maximum Gasteiger partial charge on any atom is 0.272 e. The van der Waals surface area contributed by atoms with Gasteiger partial charge in [-0.25, -0.2) is 4.68 Å². The van der Waals surface area contributed by atoms with Crippen molar-refractivity contribution in [1.29, 1.82) is 0 Å². The number of rotatable bonds is 4. The highest BCUT2D eigenvalue weighted by Crippen LogP contribution is 2.28. The van der Waals surface area contributed by atoms with E-state index in [0.717, 1.165) is 11.3 Å². The molecule has 1 aliphatic rings. The number of nitrogens with zero attached hydrogens (tertiary/aromatic N) is 3. The van der Waals surface area contributed by atoms with E-state index in [0.29, 0.717) is 53.4 Å². The van der Waals surface area contributed by atoms with Gasteiger partial charge in [0.15, 0.2) is 0 Å². The number of methoxy groups -OCH3 is 1. The van der Waals surface area contributed by atoms with Gasteiger partial charge < -0.3 is 14.4 Å². The molecule has 0 aliphatic carbocycles. The van der Waals surface area contributed by atoms with Crippen LogP contribution < -0.4 is 4.74 Å². The van der Waals surface area contributed by atoms with E-state index in [2.05, 4.69) is 5.10 Å². The second-order valence-corrected chi connectivity index (χ2v) is 7.37. The smallest absolute Gasteiger partial charge is 0.272 e. The summed E-state index contributed by atoms with van der Waals surface area (Å²) in [4.78, 5) is 15.0. The Morgan fingerprint density at radius 2 is 1.76 bits per heavy atom. The summed E-state index contributed by atoms with van der Waals surface area (Å²) in [6, 6.07) is 14.5. The first kappa shape index (κ1) is 19.8. The molecule has 0 saturated carbocycles. The molecule has 0 atom stereocenters. The number of carbonyl (C=O) groups is 1. The first-order valence-electron chi connectivity index (χ1n) is 9.14. The summed E-state index contributed by atoms with van der Waals surface area (Å²) in [6.07, 6.45) is 0. The molecule has 0 unspecified atom stereocenters. The second kappa shape index (κ2) is 8.45. The van der Waals surface area contributed by atoms with Crippen molar-refractivity contribution in [2.45, 2.75) is 0 Å². The van der Waals surface area contributed by atoms with Crippen molar-refractivity contribution in [1.82, 2.24) is 14.7 Å². The molecule has 0 bridgehead atoms. The van der Waals surface area contributed by atoms with Gasteiger partial charge in [-0.3, -0.25) is 4.79 Å². The van der Waals surface area contributed by atoms with E-state index in [1.165, 1.54) is 0 Å². The van der Waals surface area contributed by atoms with Gasteiger partial charge in [-0.05, 0) is 48.5 Å². The summed E-state index contributed by atoms with van der Waals surface area (Å²) in [7, 11) is 1.62. The molecule has 1 fully saturated rings. The van der Waals surface area contributed by atoms with Crippen LogP contribution in [0.1, 0.15) is 10.5 Å². The zero-order chi connectivity index (χ0) is 20.4. The molecule has 150 valence electrons. The third-order valence-corrected chi connectivity index (χ3v) is 5.50. The average molecular weight is 432 g/mol. The maximum absolute atomic E-state index is 13.2. The summed E-state index contributed by atoms with van der Waals surface area (Å²) >= 11 is 12.3. The summed E-state index contributed by atoms with van der Waals surface area (Å²) in [5, 5.41) is 5.53. The lowest BCUT2D eigenvalue weighted by Crippen LogP contribution is -2.41. The molecule has 6 nitrogen and oxygen atoms in total. The molecule has 2 heterocycles. The molecular formula is C21H19Cl2N3O3. The normalized spacial score (nSPS) is 14.1. The van der Waals surface area contributed by atoms with E-state index in [9.17, 15) is 4.79 Å². The van der Waals surface area contributed by atoms with Crippen LogP contribution in [0.5, 0.6) is 5.75 Å². The van der Waals surface area contributed by atoms with Gasteiger partial charge in [-0.15, -0.1) is 0 Å². The molecule has 1 saturated heterocycles. The number of morpholine rings is 1. The predicted molar refractivity (Wildman–Crippen MR) is 112 cm³/mol. The number of benzene rings is 2. The van der Waals surface area contributed by atoms with Crippen molar-refractivity contribution in [2.75, 3.05) is 33.4 Å². The SMILES string of the molecule is COc1ccc(-c2cc(C(=O)N3CCOCC3)n(-c3ccc(Cl)c(Cl)c3)n2)cc1. The Bertz CT molecular complexity index is 1030. The number of carbonyl (C=O) groups excluding carboxylic acids is 1. The molecule has 3 aromatic rings. The highest BCUT2D eigenvalue weighted by molar-refractivity contribution is 6.42. The standard InChI is InChI=1S/C21H19Cl2N3O3/c1-28-16-5-2-14(3-6-16)19-13-20(21(27)25-8-10-29-11-9-25)26(24-19)15-4-7-17(22)18(23)12-15/h2-7,12-13H,8-11H2,1H3. The summed E-state index contributed by atoms with van der Waals surface area (Å²) in [6.45, 7) is 2.14. The zero-order valence-electron chi connectivity index (χ0n) is 15.8. The lowest BCUT2D eigenvalue weighted by molar-refractivity contribution is 0.0297. The zero-order valence-corrected chi connectivity index (χ0v) is 17.3. The monoisotopic (exact) mass is 431 g/mol. The fourth-order valence-corrected chi connectivity index (χ4v) is 3.47. The van der Waals surface area contributed by atoms with Gasteiger partial charge in [0, 0.05) is 18.7 Å². The van der Waals surface area contributed by atoms with Crippen molar-refractivity contribution in [3.63, 3.8) is 0 Å². The fourth-order valence-electron chi connectivity index (χ4n) is 3.18. The Balaban J connectivity index is 1.78. The van der Waals surface area contributed by atoms with Gasteiger partial charge in [0.2, 0.25) is 0 Å². The van der Waals surface area contributed by atoms with Crippen LogP contribution >= 0.6 is 23.2 Å². The molecule has 0 N–H and O–H groups in total. The predicted octanol–water partition coefficient (Wildman–Crippen LogP) is 4.33. The third kappa shape index (κ3) is 4.10. The van der Waals surface area contributed by atoms with Gasteiger partial charge in [0.25, 0.3) is 5.91 Å². The largest absolute Gasteiger partial charge is 0.497 e. The van der Waals surface area contributed by atoms with Gasteiger partial charge in [0.05, 0.1) is 41.8 Å². The van der Waals surface area contributed by atoms with Crippen LogP contribution in [0.2, 0.25) is 10.0 Å². The number of aromatic nitrogens is 2. The van der Waals surface area contributed by atoms with E-state index in [-0.39, 0.29) is 5.91 Å². The van der Waals surface area contributed by atoms with E-state index < -0.39 is 0 Å². The number of halogens is 2. The molecule has 0 spiro atoms. The fraction of sp³-hybridized carbons (Fsp3) is 0.238. The van der Waals surface area contributed by atoms with Crippen molar-refractivity contribution in [2.24, 2.45) is 0 Å². The topological polar surface area (TPSA) is 56.6 Å². The van der Waals surface area contributed by atoms with Crippen LogP contribution in [-0.2, 0) is 4.74 Å². The van der Waals surface area contributed by atoms with E-state index in [1.54, 1.807) is 41.0 Å². The van der Waals surface area contributed by atoms with Crippen LogP contribution in [-0.4, -0.2) is 54.0 Å². The van der Waals surface area contributed by atoms with Crippen LogP contribution in [0, 0.1) is 0 Å². The van der Waals surface area contributed by atoms with E-state index in [1.807, 2.05) is 24.3 Å². The molecule has 1 amide bonds. The number of amides is 1. The first-order valence-corrected chi connectivity index (χ1v) is 9.89. The van der Waals surface area contributed by atoms with Gasteiger partial charge in [0.1, 0.15) is 11.4 Å². The quantitative estimate of drug-likeness (QED) is 0.616. The Morgan fingerprint density at radius 1 is 1.03 bits per heavy atom. The van der Waals surface area contributed by atoms with Crippen molar-refractivity contribution in [3.8, 4) is 22.7 Å². The summed E-state index contributed by atoms with van der Waals surface area (Å²) in [5.41, 5.74) is 2.67. The Hall–Kier alpha value is -2.54. The van der Waals surface area contributed by atoms with E-state index >= 15 is 0 Å². The number of hydrogen-bond acceptors (Lipinski definition) is 4. The molecule has 29 heavy (non-hydrogen) atoms. The van der Waals surface area contributed by atoms with Crippen molar-refractivity contribution in [3.05, 3.63) is 64.3 Å². The number of ether oxygens (including phenoxy) is 2. The lowest BCUT2D eigenvalue weighted by atomic mass is 10.1. The highest BCUT2D eigenvalue weighted by atomic mass is 35.5. The summed E-state index contributed by atoms with van der Waals surface area (Å²) in [5.74, 6) is 0.647. The Morgan fingerprint density at radius 3 is 2.41 bits per heavy atom. The van der Waals surface area contributed by atoms with Crippen molar-refractivity contribution < 1.29 is 14.3 Å². The maximum atomic E-state index is 13.2. The minimum Gasteiger partial charge on any atom is -0.497 e. The van der Waals surface area contributed by atoms with Gasteiger partial charge in [-0.2, -0.15) is 5.10 Å². The van der Waals surface area contributed by atoms with Gasteiger partial charge >= 0.3 is 0 Å². The van der Waals surface area contributed by atoms with Crippen LogP contribution in [0.3, 0.4) is 0 Å². The molecule has 0 radical (unpaired) electrons. The molecule has 1 aromatic heterocycles. The highest BCUT2D eigenvalue weighted by Gasteiger charge is 2.24. The summed E-state index contributed by atoms with van der Waals surface area (Å²) < 4.78 is 12.2. The Labute approximate surface area is 178 Å². The van der Waals surface area contributed by atoms with Crippen LogP contribution in [0.25, 0.3) is 16.9 Å². The molecule has 8 heteroatoms. The molecule has 4 rings (SSSR count). The lowest BCUT2D eigenvalue weighted by Gasteiger charge is -2.26. The average Bonchev–Trinajstić information content (AvgIpc) is 3.21.